The Balaban J connectivity index is 0.000000196. The molecule has 0 bridgehead atoms. The molecule has 0 aliphatic rings. The van der Waals surface area contributed by atoms with E-state index >= 15 is 0 Å². The maximum atomic E-state index is 13.9. The number of aryl methyl sites for hydroxylation is 6. The lowest BCUT2D eigenvalue weighted by molar-refractivity contribution is 0.0684. The molecule has 1 heterocycles. The minimum Gasteiger partial charge on any atom is -0.478 e. The molecule has 8 aromatic carbocycles. The SMILES string of the molecule is CCS(=O)(=O)Nc1ccccc1CCCCCc1ccccc1C(=O)O.O=C(O)c1ccccc1CCCCCc1ccccc1NS(=O)(=O)c1cccc2cccnc12.O=C(O)c1ccccc1CCCCCc1ccccc1NS(=O)(=O)c1ccccc1F. The number of rotatable bonds is 30. The minimum atomic E-state index is -4.03. The Kier molecular flexibility index (Phi) is 25.9. The average Bonchev–Trinajstić information content (AvgIpc) is 0.851. The van der Waals surface area contributed by atoms with Crippen LogP contribution >= 0.6 is 0 Å². The third-order valence-corrected chi connectivity index (χ3v) is 19.2. The first-order valence-electron chi connectivity index (χ1n) is 30.1. The minimum absolute atomic E-state index is 0.0460. The molecular weight excluding hydrogens is 1220 g/mol. The van der Waals surface area contributed by atoms with Crippen molar-refractivity contribution in [1.82, 2.24) is 4.98 Å². The van der Waals surface area contributed by atoms with Crippen LogP contribution in [0.25, 0.3) is 10.9 Å². The summed E-state index contributed by atoms with van der Waals surface area (Å²) in [7, 11) is -11.1. The van der Waals surface area contributed by atoms with Gasteiger partial charge < -0.3 is 15.3 Å². The molecule has 0 atom stereocenters. The summed E-state index contributed by atoms with van der Waals surface area (Å²) < 4.78 is 96.9. The first-order chi connectivity index (χ1) is 43.8. The molecule has 16 nitrogen and oxygen atoms in total. The van der Waals surface area contributed by atoms with Gasteiger partial charge in [0.2, 0.25) is 10.0 Å². The second-order valence-electron chi connectivity index (χ2n) is 21.5. The smallest absolute Gasteiger partial charge is 0.335 e. The van der Waals surface area contributed by atoms with Crippen molar-refractivity contribution in [3.63, 3.8) is 0 Å². The standard InChI is InChI=1S/C27H26N2O4S.C24H24FNO4S.C20H25NO4S/c30-27(31)23-16-6-4-11-20(23)10-2-1-3-12-21-13-5-7-17-24(21)29-34(32,33)25-18-8-14-22-15-9-19-28-26(22)25;25-21-15-7-9-17-23(21)31(29,30)26-22-16-8-5-13-19(22)12-3-1-2-10-18-11-4-6-14-20(18)24(27)28;1-2-26(24,25)21-19-15-9-7-13-17(19)12-5-3-4-10-16-11-6-8-14-18(16)20(22)23/h4-9,11,13-19,29H,1-3,10,12H2,(H,30,31);4-9,11,13-17,26H,1-3,10,12H2,(H,27,28);6-9,11,13-15,21H,2-5,10,12H2,1H3,(H,22,23). The van der Waals surface area contributed by atoms with E-state index < -0.39 is 53.8 Å². The number of sulfonamides is 3. The third-order valence-electron chi connectivity index (χ3n) is 15.1. The van der Waals surface area contributed by atoms with E-state index in [2.05, 4.69) is 19.2 Å². The predicted octanol–water partition coefficient (Wildman–Crippen LogP) is 15.1. The van der Waals surface area contributed by atoms with E-state index in [1.54, 1.807) is 92.0 Å². The number of nitrogens with zero attached hydrogens (tertiary/aromatic N) is 1. The van der Waals surface area contributed by atoms with E-state index in [4.69, 9.17) is 0 Å². The Hall–Kier alpha value is -9.24. The van der Waals surface area contributed by atoms with Crippen molar-refractivity contribution in [3.05, 3.63) is 262 Å². The lowest BCUT2D eigenvalue weighted by atomic mass is 9.99. The fourth-order valence-corrected chi connectivity index (χ4v) is 13.5. The molecule has 6 N–H and O–H groups in total. The van der Waals surface area contributed by atoms with Crippen molar-refractivity contribution < 1.29 is 59.3 Å². The maximum absolute atomic E-state index is 13.9. The largest absolute Gasteiger partial charge is 0.478 e. The summed E-state index contributed by atoms with van der Waals surface area (Å²) in [5, 5.41) is 28.6. The highest BCUT2D eigenvalue weighted by Gasteiger charge is 2.22. The fraction of sp³-hybridized carbons (Fsp3) is 0.239. The highest BCUT2D eigenvalue weighted by molar-refractivity contribution is 7.93. The molecule has 9 rings (SSSR count). The average molecular weight is 1290 g/mol. The molecule has 0 spiro atoms. The van der Waals surface area contributed by atoms with Crippen LogP contribution in [-0.2, 0) is 68.6 Å². The van der Waals surface area contributed by atoms with Crippen LogP contribution in [0.4, 0.5) is 21.5 Å². The van der Waals surface area contributed by atoms with Gasteiger partial charge in [-0.1, -0.05) is 159 Å². The Morgan fingerprint density at radius 1 is 0.374 bits per heavy atom. The number of anilines is 3. The highest BCUT2D eigenvalue weighted by atomic mass is 32.2. The van der Waals surface area contributed by atoms with Crippen molar-refractivity contribution in [3.8, 4) is 0 Å². The molecule has 9 aromatic rings. The molecule has 0 saturated carbocycles. The normalized spacial score (nSPS) is 11.3. The van der Waals surface area contributed by atoms with Crippen LogP contribution in [-0.4, -0.2) is 69.2 Å². The van der Waals surface area contributed by atoms with Crippen LogP contribution in [0.5, 0.6) is 0 Å². The van der Waals surface area contributed by atoms with Crippen molar-refractivity contribution >= 4 is 75.9 Å². The number of hydrogen-bond donors (Lipinski definition) is 6. The molecule has 0 fully saturated rings. The quantitative estimate of drug-likeness (QED) is 0.0229. The predicted molar refractivity (Wildman–Crippen MR) is 356 cm³/mol. The summed E-state index contributed by atoms with van der Waals surface area (Å²) in [6.45, 7) is 1.61. The number of nitrogens with one attached hydrogen (secondary N) is 3. The molecule has 0 saturated heterocycles. The molecule has 0 aliphatic carbocycles. The maximum Gasteiger partial charge on any atom is 0.335 e. The van der Waals surface area contributed by atoms with Gasteiger partial charge in [-0.3, -0.25) is 19.2 Å². The molecule has 1 aromatic heterocycles. The number of carboxylic acid groups (broad SMARTS) is 3. The molecular formula is C71H75FN4O12S3. The van der Waals surface area contributed by atoms with Gasteiger partial charge in [0.15, 0.2) is 0 Å². The van der Waals surface area contributed by atoms with Crippen LogP contribution in [0.2, 0.25) is 0 Å². The molecule has 476 valence electrons. The number of halogens is 1. The number of fused-ring (bicyclic) bond motifs is 1. The third kappa shape index (κ3) is 20.9. The van der Waals surface area contributed by atoms with Crippen LogP contribution in [0, 0.1) is 5.82 Å². The van der Waals surface area contributed by atoms with Gasteiger partial charge in [-0.05, 0) is 178 Å². The van der Waals surface area contributed by atoms with Gasteiger partial charge in [0.25, 0.3) is 20.0 Å². The Labute approximate surface area is 532 Å². The Morgan fingerprint density at radius 3 is 1.09 bits per heavy atom. The highest BCUT2D eigenvalue weighted by Crippen LogP contribution is 2.28. The monoisotopic (exact) mass is 1290 g/mol. The Morgan fingerprint density at radius 2 is 0.692 bits per heavy atom. The topological polar surface area (TPSA) is 263 Å². The summed E-state index contributed by atoms with van der Waals surface area (Å²) >= 11 is 0. The van der Waals surface area contributed by atoms with Crippen LogP contribution in [0.3, 0.4) is 0 Å². The van der Waals surface area contributed by atoms with Crippen LogP contribution < -0.4 is 14.2 Å². The van der Waals surface area contributed by atoms with Crippen molar-refractivity contribution in [2.24, 2.45) is 0 Å². The van der Waals surface area contributed by atoms with Crippen molar-refractivity contribution in [2.75, 3.05) is 19.9 Å². The van der Waals surface area contributed by atoms with E-state index in [-0.39, 0.29) is 15.5 Å². The van der Waals surface area contributed by atoms with Gasteiger partial charge in [0.05, 0.1) is 45.0 Å². The first kappa shape index (κ1) is 69.2. The van der Waals surface area contributed by atoms with Crippen molar-refractivity contribution in [1.29, 1.82) is 0 Å². The number of pyridine rings is 1. The number of hydrogen-bond acceptors (Lipinski definition) is 10. The van der Waals surface area contributed by atoms with Gasteiger partial charge in [-0.15, -0.1) is 0 Å². The van der Waals surface area contributed by atoms with Gasteiger partial charge >= 0.3 is 17.9 Å². The lowest BCUT2D eigenvalue weighted by Gasteiger charge is -2.14. The van der Waals surface area contributed by atoms with Crippen LogP contribution in [0.1, 0.15) is 129 Å². The molecule has 20 heteroatoms. The zero-order valence-corrected chi connectivity index (χ0v) is 53.0. The summed E-state index contributed by atoms with van der Waals surface area (Å²) in [6, 6.07) is 57.1. The molecule has 91 heavy (non-hydrogen) atoms. The van der Waals surface area contributed by atoms with Crippen LogP contribution in [0.15, 0.2) is 216 Å². The molecule has 0 unspecified atom stereocenters. The van der Waals surface area contributed by atoms with Gasteiger partial charge in [-0.2, -0.15) is 0 Å². The molecule has 0 aliphatic heterocycles. The summed E-state index contributed by atoms with van der Waals surface area (Å²) in [5.41, 5.74) is 8.37. The number of aromatic carboxylic acids is 3. The number of carbonyl (C=O) groups is 3. The summed E-state index contributed by atoms with van der Waals surface area (Å²) in [4.78, 5) is 37.9. The van der Waals surface area contributed by atoms with Gasteiger partial charge in [0, 0.05) is 11.6 Å². The lowest BCUT2D eigenvalue weighted by Crippen LogP contribution is -2.15. The van der Waals surface area contributed by atoms with Gasteiger partial charge in [-0.25, -0.2) is 44.0 Å². The number of benzene rings is 8. The number of para-hydroxylation sites is 4. The number of carboxylic acids is 3. The zero-order chi connectivity index (χ0) is 65.2. The van der Waals surface area contributed by atoms with Crippen molar-refractivity contribution in [2.45, 2.75) is 113 Å². The first-order valence-corrected chi connectivity index (χ1v) is 34.7. The fourth-order valence-electron chi connectivity index (χ4n) is 10.4. The molecule has 0 amide bonds. The van der Waals surface area contributed by atoms with E-state index in [0.29, 0.717) is 65.0 Å². The second kappa shape index (κ2) is 34.1. The summed E-state index contributed by atoms with van der Waals surface area (Å²) in [5.74, 6) is -3.47. The summed E-state index contributed by atoms with van der Waals surface area (Å²) in [6.07, 6.45) is 13.7. The zero-order valence-electron chi connectivity index (χ0n) is 50.5. The van der Waals surface area contributed by atoms with E-state index in [1.807, 2.05) is 97.1 Å². The van der Waals surface area contributed by atoms with Gasteiger partial charge in [0.1, 0.15) is 15.6 Å². The van der Waals surface area contributed by atoms with E-state index in [0.717, 1.165) is 115 Å². The van der Waals surface area contributed by atoms with E-state index in [1.165, 1.54) is 18.2 Å². The molecule has 0 radical (unpaired) electrons. The van der Waals surface area contributed by atoms with E-state index in [9.17, 15) is 59.3 Å². The number of aromatic nitrogens is 1. The second-order valence-corrected chi connectivity index (χ2v) is 26.8. The Bertz CT molecular complexity index is 4280. The number of unbranched alkanes of at least 4 members (excludes halogenated alkanes) is 6.